The van der Waals surface area contributed by atoms with E-state index in [-0.39, 0.29) is 35.6 Å². The zero-order chi connectivity index (χ0) is 18.7. The lowest BCUT2D eigenvalue weighted by molar-refractivity contribution is 0.0945. The van der Waals surface area contributed by atoms with Gasteiger partial charge in [0.2, 0.25) is 0 Å². The van der Waals surface area contributed by atoms with Crippen molar-refractivity contribution in [2.24, 2.45) is 0 Å². The number of carbonyl (C=O) groups is 1. The van der Waals surface area contributed by atoms with Crippen LogP contribution in [0.25, 0.3) is 0 Å². The molecule has 1 atom stereocenters. The second kappa shape index (κ2) is 7.36. The Bertz CT molecular complexity index is 902. The van der Waals surface area contributed by atoms with Gasteiger partial charge in [-0.1, -0.05) is 18.2 Å². The van der Waals surface area contributed by atoms with Crippen LogP contribution in [0.4, 0.5) is 10.2 Å². The number of carbonyl (C=O) groups excluding carboxylic acids is 1. The Labute approximate surface area is 151 Å². The van der Waals surface area contributed by atoms with Gasteiger partial charge in [0.25, 0.3) is 5.91 Å². The largest absolute Gasteiger partial charge is 0.354 e. The number of hydrogen-bond donors (Lipinski definition) is 1. The third-order valence-electron chi connectivity index (χ3n) is 4.39. The van der Waals surface area contributed by atoms with Crippen LogP contribution in [0.5, 0.6) is 0 Å². The van der Waals surface area contributed by atoms with Crippen molar-refractivity contribution in [3.05, 3.63) is 53.7 Å². The van der Waals surface area contributed by atoms with E-state index in [1.54, 1.807) is 30.1 Å². The number of sulfone groups is 1. The summed E-state index contributed by atoms with van der Waals surface area (Å²) in [5, 5.41) is 2.60. The molecule has 1 unspecified atom stereocenters. The standard InChI is InChI=1S/C17H19FN4O3S/c1-22(13-6-7-26(24,25)11-13)16-10-19-15(9-20-16)17(23)21-8-12-4-2-3-5-14(12)18/h2-5,9-10,13H,6-8,11H2,1H3,(H,21,23). The summed E-state index contributed by atoms with van der Waals surface area (Å²) in [5.41, 5.74) is 0.491. The molecule has 1 amide bonds. The first-order valence-electron chi connectivity index (χ1n) is 8.12. The molecular weight excluding hydrogens is 359 g/mol. The van der Waals surface area contributed by atoms with Gasteiger partial charge in [-0.3, -0.25) is 4.79 Å². The van der Waals surface area contributed by atoms with Gasteiger partial charge in [0, 0.05) is 25.2 Å². The molecule has 0 aliphatic carbocycles. The van der Waals surface area contributed by atoms with Crippen molar-refractivity contribution < 1.29 is 17.6 Å². The fourth-order valence-corrected chi connectivity index (χ4v) is 4.57. The Morgan fingerprint density at radius 1 is 1.31 bits per heavy atom. The molecule has 1 saturated heterocycles. The van der Waals surface area contributed by atoms with Gasteiger partial charge in [-0.05, 0) is 12.5 Å². The van der Waals surface area contributed by atoms with E-state index >= 15 is 0 Å². The molecule has 7 nitrogen and oxygen atoms in total. The summed E-state index contributed by atoms with van der Waals surface area (Å²) in [7, 11) is -1.23. The molecule has 3 rings (SSSR count). The van der Waals surface area contributed by atoms with E-state index in [0.29, 0.717) is 17.8 Å². The average molecular weight is 378 g/mol. The molecule has 0 saturated carbocycles. The number of rotatable bonds is 5. The Balaban J connectivity index is 1.62. The van der Waals surface area contributed by atoms with Crippen molar-refractivity contribution in [3.63, 3.8) is 0 Å². The molecule has 26 heavy (non-hydrogen) atoms. The summed E-state index contributed by atoms with van der Waals surface area (Å²) in [4.78, 5) is 22.2. The maximum absolute atomic E-state index is 13.6. The predicted molar refractivity (Wildman–Crippen MR) is 95.1 cm³/mol. The first-order chi connectivity index (χ1) is 12.4. The molecule has 1 fully saturated rings. The highest BCUT2D eigenvalue weighted by Crippen LogP contribution is 2.20. The Hall–Kier alpha value is -2.55. The molecule has 1 N–H and O–H groups in total. The van der Waals surface area contributed by atoms with Crippen LogP contribution in [-0.2, 0) is 16.4 Å². The third-order valence-corrected chi connectivity index (χ3v) is 6.14. The van der Waals surface area contributed by atoms with Crippen LogP contribution < -0.4 is 10.2 Å². The molecule has 2 aromatic rings. The summed E-state index contributed by atoms with van der Waals surface area (Å²) < 4.78 is 36.7. The lowest BCUT2D eigenvalue weighted by Crippen LogP contribution is -2.33. The van der Waals surface area contributed by atoms with Gasteiger partial charge >= 0.3 is 0 Å². The number of hydrogen-bond acceptors (Lipinski definition) is 6. The van der Waals surface area contributed by atoms with E-state index in [9.17, 15) is 17.6 Å². The monoisotopic (exact) mass is 378 g/mol. The van der Waals surface area contributed by atoms with E-state index in [1.807, 2.05) is 0 Å². The van der Waals surface area contributed by atoms with E-state index in [4.69, 9.17) is 0 Å². The third kappa shape index (κ3) is 4.16. The zero-order valence-corrected chi connectivity index (χ0v) is 15.0. The van der Waals surface area contributed by atoms with E-state index in [2.05, 4.69) is 15.3 Å². The summed E-state index contributed by atoms with van der Waals surface area (Å²) in [5.74, 6) is -0.0827. The zero-order valence-electron chi connectivity index (χ0n) is 14.2. The quantitative estimate of drug-likeness (QED) is 0.840. The molecule has 1 aromatic carbocycles. The maximum atomic E-state index is 13.6. The van der Waals surface area contributed by atoms with Crippen LogP contribution >= 0.6 is 0 Å². The van der Waals surface area contributed by atoms with Crippen LogP contribution in [-0.4, -0.2) is 48.9 Å². The van der Waals surface area contributed by atoms with Gasteiger partial charge in [0.05, 0.1) is 23.9 Å². The summed E-state index contributed by atoms with van der Waals surface area (Å²) in [6.07, 6.45) is 3.31. The number of aromatic nitrogens is 2. The highest BCUT2D eigenvalue weighted by molar-refractivity contribution is 7.91. The van der Waals surface area contributed by atoms with Crippen molar-refractivity contribution >= 4 is 21.6 Å². The van der Waals surface area contributed by atoms with Crippen molar-refractivity contribution in [1.82, 2.24) is 15.3 Å². The van der Waals surface area contributed by atoms with E-state index < -0.39 is 15.7 Å². The molecular formula is C17H19FN4O3S. The van der Waals surface area contributed by atoms with Gasteiger partial charge in [0.1, 0.15) is 17.3 Å². The molecule has 1 aliphatic heterocycles. The number of benzene rings is 1. The lowest BCUT2D eigenvalue weighted by atomic mass is 10.2. The normalized spacial score (nSPS) is 18.5. The smallest absolute Gasteiger partial charge is 0.271 e. The lowest BCUT2D eigenvalue weighted by Gasteiger charge is -2.23. The number of halogens is 1. The van der Waals surface area contributed by atoms with Crippen LogP contribution in [0.3, 0.4) is 0 Å². The van der Waals surface area contributed by atoms with E-state index in [0.717, 1.165) is 0 Å². The first-order valence-corrected chi connectivity index (χ1v) is 9.95. The van der Waals surface area contributed by atoms with Gasteiger partial charge < -0.3 is 10.2 Å². The molecule has 0 radical (unpaired) electrons. The molecule has 0 spiro atoms. The molecule has 9 heteroatoms. The summed E-state index contributed by atoms with van der Waals surface area (Å²) in [6.45, 7) is 0.0504. The van der Waals surface area contributed by atoms with Crippen LogP contribution in [0.15, 0.2) is 36.7 Å². The SMILES string of the molecule is CN(c1cnc(C(=O)NCc2ccccc2F)cn1)C1CCS(=O)(=O)C1. The predicted octanol–water partition coefficient (Wildman–Crippen LogP) is 1.17. The summed E-state index contributed by atoms with van der Waals surface area (Å²) in [6, 6.07) is 6.05. The minimum Gasteiger partial charge on any atom is -0.354 e. The first kappa shape index (κ1) is 18.2. The number of anilines is 1. The molecule has 0 bridgehead atoms. The fraction of sp³-hybridized carbons (Fsp3) is 0.353. The van der Waals surface area contributed by atoms with Crippen LogP contribution in [0, 0.1) is 5.82 Å². The molecule has 1 aliphatic rings. The minimum absolute atomic E-state index is 0.0504. The van der Waals surface area contributed by atoms with Crippen LogP contribution in [0.2, 0.25) is 0 Å². The molecule has 1 aromatic heterocycles. The fourth-order valence-electron chi connectivity index (χ4n) is 2.80. The number of amides is 1. The maximum Gasteiger partial charge on any atom is 0.271 e. The van der Waals surface area contributed by atoms with Gasteiger partial charge in [-0.2, -0.15) is 0 Å². The summed E-state index contributed by atoms with van der Waals surface area (Å²) >= 11 is 0. The van der Waals surface area contributed by atoms with Crippen molar-refractivity contribution in [3.8, 4) is 0 Å². The Morgan fingerprint density at radius 2 is 2.08 bits per heavy atom. The van der Waals surface area contributed by atoms with Crippen molar-refractivity contribution in [2.75, 3.05) is 23.5 Å². The average Bonchev–Trinajstić information content (AvgIpc) is 3.00. The number of nitrogens with zero attached hydrogens (tertiary/aromatic N) is 3. The Kier molecular flexibility index (Phi) is 5.17. The van der Waals surface area contributed by atoms with Crippen molar-refractivity contribution in [1.29, 1.82) is 0 Å². The Morgan fingerprint density at radius 3 is 2.69 bits per heavy atom. The molecule has 2 heterocycles. The van der Waals surface area contributed by atoms with E-state index in [1.165, 1.54) is 18.5 Å². The van der Waals surface area contributed by atoms with Gasteiger partial charge in [-0.25, -0.2) is 22.8 Å². The van der Waals surface area contributed by atoms with Crippen molar-refractivity contribution in [2.45, 2.75) is 19.0 Å². The minimum atomic E-state index is -2.99. The second-order valence-electron chi connectivity index (χ2n) is 6.20. The van der Waals surface area contributed by atoms with Gasteiger partial charge in [-0.15, -0.1) is 0 Å². The highest BCUT2D eigenvalue weighted by atomic mass is 32.2. The number of nitrogens with one attached hydrogen (secondary N) is 1. The van der Waals surface area contributed by atoms with Gasteiger partial charge in [0.15, 0.2) is 9.84 Å². The molecule has 138 valence electrons. The topological polar surface area (TPSA) is 92.3 Å². The highest BCUT2D eigenvalue weighted by Gasteiger charge is 2.31. The second-order valence-corrected chi connectivity index (χ2v) is 8.43. The van der Waals surface area contributed by atoms with Crippen LogP contribution in [0.1, 0.15) is 22.5 Å².